The van der Waals surface area contributed by atoms with E-state index in [1.54, 1.807) is 17.0 Å². The molecule has 0 aliphatic carbocycles. The van der Waals surface area contributed by atoms with E-state index in [0.29, 0.717) is 29.8 Å². The number of carbonyl (C=O) groups is 2. The van der Waals surface area contributed by atoms with Gasteiger partial charge in [-0.1, -0.05) is 23.5 Å². The van der Waals surface area contributed by atoms with Gasteiger partial charge in [0.15, 0.2) is 0 Å². The summed E-state index contributed by atoms with van der Waals surface area (Å²) < 4.78 is 13.0. The maximum absolute atomic E-state index is 13.0. The van der Waals surface area contributed by atoms with Crippen LogP contribution in [0.2, 0.25) is 0 Å². The lowest BCUT2D eigenvalue weighted by atomic mass is 10.1. The second-order valence-corrected chi connectivity index (χ2v) is 8.00. The molecule has 2 amide bonds. The van der Waals surface area contributed by atoms with E-state index in [2.05, 4.69) is 15.5 Å². The van der Waals surface area contributed by atoms with Gasteiger partial charge in [0.1, 0.15) is 11.9 Å². The average molecular weight is 403 g/mol. The zero-order valence-corrected chi connectivity index (χ0v) is 16.3. The van der Waals surface area contributed by atoms with Gasteiger partial charge >= 0.3 is 0 Å². The van der Waals surface area contributed by atoms with Crippen molar-refractivity contribution in [1.29, 1.82) is 0 Å². The monoisotopic (exact) mass is 403 g/mol. The van der Waals surface area contributed by atoms with Crippen LogP contribution < -0.4 is 15.1 Å². The van der Waals surface area contributed by atoms with Crippen molar-refractivity contribution >= 4 is 33.4 Å². The van der Waals surface area contributed by atoms with Crippen LogP contribution in [0.15, 0.2) is 24.3 Å². The molecule has 1 atom stereocenters. The van der Waals surface area contributed by atoms with Crippen LogP contribution in [-0.4, -0.2) is 41.1 Å². The normalized spacial score (nSPS) is 19.9. The Labute approximate surface area is 166 Å². The number of nitrogens with zero attached hydrogens (tertiary/aromatic N) is 4. The molecule has 1 aromatic heterocycles. The highest BCUT2D eigenvalue weighted by molar-refractivity contribution is 7.19. The Bertz CT molecular complexity index is 856. The first kappa shape index (κ1) is 18.8. The zero-order chi connectivity index (χ0) is 19.5. The molecule has 0 spiro atoms. The van der Waals surface area contributed by atoms with Crippen molar-refractivity contribution in [3.63, 3.8) is 0 Å². The second-order valence-electron chi connectivity index (χ2n) is 7.07. The summed E-state index contributed by atoms with van der Waals surface area (Å²) in [5.74, 6) is -0.284. The van der Waals surface area contributed by atoms with E-state index in [0.717, 1.165) is 37.8 Å². The van der Waals surface area contributed by atoms with Gasteiger partial charge in [0.25, 0.3) is 0 Å². The number of halogens is 1. The van der Waals surface area contributed by atoms with E-state index in [9.17, 15) is 14.0 Å². The SMILES string of the molecule is O=C(NCc1ccc(F)cc1)C1CCCN1c1nnc(N2CCCCC2=O)s1. The molecule has 2 aliphatic heterocycles. The first-order valence-electron chi connectivity index (χ1n) is 9.54. The van der Waals surface area contributed by atoms with Crippen molar-refractivity contribution in [2.24, 2.45) is 0 Å². The molecule has 9 heteroatoms. The number of benzene rings is 1. The first-order valence-corrected chi connectivity index (χ1v) is 10.4. The van der Waals surface area contributed by atoms with Gasteiger partial charge in [-0.15, -0.1) is 10.2 Å². The lowest BCUT2D eigenvalue weighted by Crippen LogP contribution is -2.43. The molecular weight excluding hydrogens is 381 g/mol. The van der Waals surface area contributed by atoms with Crippen molar-refractivity contribution in [1.82, 2.24) is 15.5 Å². The molecule has 7 nitrogen and oxygen atoms in total. The van der Waals surface area contributed by atoms with Gasteiger partial charge in [-0.25, -0.2) is 4.39 Å². The van der Waals surface area contributed by atoms with E-state index in [-0.39, 0.29) is 23.7 Å². The van der Waals surface area contributed by atoms with Crippen LogP contribution in [0.1, 0.15) is 37.7 Å². The molecule has 0 saturated carbocycles. The number of hydrogen-bond donors (Lipinski definition) is 1. The summed E-state index contributed by atoms with van der Waals surface area (Å²) in [7, 11) is 0. The minimum atomic E-state index is -0.307. The van der Waals surface area contributed by atoms with Crippen molar-refractivity contribution in [3.05, 3.63) is 35.6 Å². The molecule has 1 aromatic carbocycles. The van der Waals surface area contributed by atoms with Crippen LogP contribution >= 0.6 is 11.3 Å². The van der Waals surface area contributed by atoms with Gasteiger partial charge in [0.05, 0.1) is 0 Å². The van der Waals surface area contributed by atoms with Gasteiger partial charge in [0, 0.05) is 26.1 Å². The molecule has 1 unspecified atom stereocenters. The standard InChI is InChI=1S/C19H22FN5O2S/c20-14-8-6-13(7-9-14)12-21-17(27)15-4-3-11-24(15)18-22-23-19(28-18)25-10-2-1-5-16(25)26/h6-9,15H,1-5,10-12H2,(H,21,27). The Hall–Kier alpha value is -2.55. The van der Waals surface area contributed by atoms with Gasteiger partial charge in [-0.05, 0) is 43.4 Å². The van der Waals surface area contributed by atoms with Crippen molar-refractivity contribution < 1.29 is 14.0 Å². The van der Waals surface area contributed by atoms with Gasteiger partial charge in [-0.3, -0.25) is 14.5 Å². The maximum atomic E-state index is 13.0. The second kappa shape index (κ2) is 8.22. The third kappa shape index (κ3) is 3.99. The molecule has 4 rings (SSSR count). The predicted octanol–water partition coefficient (Wildman–Crippen LogP) is 2.48. The lowest BCUT2D eigenvalue weighted by Gasteiger charge is -2.24. The fraction of sp³-hybridized carbons (Fsp3) is 0.474. The predicted molar refractivity (Wildman–Crippen MR) is 105 cm³/mol. The third-order valence-corrected chi connectivity index (χ3v) is 6.12. The molecule has 1 N–H and O–H groups in total. The first-order chi connectivity index (χ1) is 13.6. The Kier molecular flexibility index (Phi) is 5.52. The molecule has 0 bridgehead atoms. The Balaban J connectivity index is 1.41. The van der Waals surface area contributed by atoms with Gasteiger partial charge in [-0.2, -0.15) is 0 Å². The minimum Gasteiger partial charge on any atom is -0.350 e. The number of rotatable bonds is 5. The van der Waals surface area contributed by atoms with Gasteiger partial charge < -0.3 is 10.2 Å². The lowest BCUT2D eigenvalue weighted by molar-refractivity contribution is -0.122. The van der Waals surface area contributed by atoms with E-state index in [4.69, 9.17) is 0 Å². The molecular formula is C19H22FN5O2S. The summed E-state index contributed by atoms with van der Waals surface area (Å²) in [6.07, 6.45) is 4.08. The summed E-state index contributed by atoms with van der Waals surface area (Å²) in [5, 5.41) is 12.7. The zero-order valence-electron chi connectivity index (χ0n) is 15.4. The molecule has 0 radical (unpaired) electrons. The molecule has 2 aliphatic rings. The van der Waals surface area contributed by atoms with E-state index >= 15 is 0 Å². The number of nitrogens with one attached hydrogen (secondary N) is 1. The minimum absolute atomic E-state index is 0.0763. The fourth-order valence-corrected chi connectivity index (χ4v) is 4.58. The van der Waals surface area contributed by atoms with Gasteiger partial charge in [0.2, 0.25) is 22.1 Å². The molecule has 2 fully saturated rings. The van der Waals surface area contributed by atoms with Crippen LogP contribution in [0.25, 0.3) is 0 Å². The quantitative estimate of drug-likeness (QED) is 0.830. The Morgan fingerprint density at radius 1 is 1.14 bits per heavy atom. The fourth-order valence-electron chi connectivity index (χ4n) is 3.62. The molecule has 148 valence electrons. The van der Waals surface area contributed by atoms with Crippen molar-refractivity contribution in [2.75, 3.05) is 22.9 Å². The Morgan fingerprint density at radius 2 is 1.93 bits per heavy atom. The third-order valence-electron chi connectivity index (χ3n) is 5.14. The topological polar surface area (TPSA) is 78.4 Å². The molecule has 2 saturated heterocycles. The van der Waals surface area contributed by atoms with Crippen LogP contribution in [-0.2, 0) is 16.1 Å². The highest BCUT2D eigenvalue weighted by Crippen LogP contribution is 2.33. The maximum Gasteiger partial charge on any atom is 0.243 e. The summed E-state index contributed by atoms with van der Waals surface area (Å²) in [5.41, 5.74) is 0.848. The smallest absolute Gasteiger partial charge is 0.243 e. The van der Waals surface area contributed by atoms with E-state index in [1.165, 1.54) is 23.5 Å². The van der Waals surface area contributed by atoms with Crippen LogP contribution in [0, 0.1) is 5.82 Å². The highest BCUT2D eigenvalue weighted by atomic mass is 32.1. The average Bonchev–Trinajstić information content (AvgIpc) is 3.37. The molecule has 2 aromatic rings. The largest absolute Gasteiger partial charge is 0.350 e. The Morgan fingerprint density at radius 3 is 2.71 bits per heavy atom. The summed E-state index contributed by atoms with van der Waals surface area (Å²) >= 11 is 1.36. The number of aromatic nitrogens is 2. The summed E-state index contributed by atoms with van der Waals surface area (Å²) in [6, 6.07) is 5.78. The van der Waals surface area contributed by atoms with Crippen molar-refractivity contribution in [2.45, 2.75) is 44.7 Å². The highest BCUT2D eigenvalue weighted by Gasteiger charge is 2.33. The van der Waals surface area contributed by atoms with E-state index in [1.807, 2.05) is 4.90 Å². The van der Waals surface area contributed by atoms with E-state index < -0.39 is 0 Å². The van der Waals surface area contributed by atoms with Crippen LogP contribution in [0.5, 0.6) is 0 Å². The number of piperidine rings is 1. The number of amides is 2. The number of carbonyl (C=O) groups excluding carboxylic acids is 2. The summed E-state index contributed by atoms with van der Waals surface area (Å²) in [6.45, 7) is 1.76. The number of hydrogen-bond acceptors (Lipinski definition) is 6. The van der Waals surface area contributed by atoms with Crippen molar-refractivity contribution in [3.8, 4) is 0 Å². The number of anilines is 2. The van der Waals surface area contributed by atoms with Crippen LogP contribution in [0.3, 0.4) is 0 Å². The summed E-state index contributed by atoms with van der Waals surface area (Å²) in [4.78, 5) is 28.5. The van der Waals surface area contributed by atoms with Crippen LogP contribution in [0.4, 0.5) is 14.7 Å². The molecule has 28 heavy (non-hydrogen) atoms. The molecule has 3 heterocycles.